The Hall–Kier alpha value is -2.36. The Morgan fingerprint density at radius 2 is 2.05 bits per heavy atom. The Morgan fingerprint density at radius 1 is 1.35 bits per heavy atom. The van der Waals surface area contributed by atoms with Gasteiger partial charge < -0.3 is 14.6 Å². The average molecular weight is 275 g/mol. The van der Waals surface area contributed by atoms with Gasteiger partial charge in [-0.2, -0.15) is 0 Å². The zero-order chi connectivity index (χ0) is 14.5. The van der Waals surface area contributed by atoms with E-state index in [1.165, 1.54) is 7.11 Å². The maximum absolute atomic E-state index is 11.8. The molecule has 2 rings (SSSR count). The zero-order valence-electron chi connectivity index (χ0n) is 10.9. The fourth-order valence-electron chi connectivity index (χ4n) is 1.85. The van der Waals surface area contributed by atoms with Gasteiger partial charge >= 0.3 is 0 Å². The highest BCUT2D eigenvalue weighted by molar-refractivity contribution is 6.17. The van der Waals surface area contributed by atoms with Crippen LogP contribution in [0.2, 0.25) is 0 Å². The fourth-order valence-corrected chi connectivity index (χ4v) is 1.85. The van der Waals surface area contributed by atoms with E-state index in [1.807, 2.05) is 0 Å². The molecule has 20 heavy (non-hydrogen) atoms. The summed E-state index contributed by atoms with van der Waals surface area (Å²) in [6.07, 6.45) is 0. The van der Waals surface area contributed by atoms with Gasteiger partial charge in [0.2, 0.25) is 0 Å². The van der Waals surface area contributed by atoms with Crippen molar-refractivity contribution in [2.75, 3.05) is 31.8 Å². The summed E-state index contributed by atoms with van der Waals surface area (Å²) >= 11 is 0. The molecule has 0 unspecified atom stereocenters. The molecule has 2 amide bonds. The summed E-state index contributed by atoms with van der Waals surface area (Å²) < 4.78 is 10.0. The minimum absolute atomic E-state index is 0.151. The van der Waals surface area contributed by atoms with Gasteiger partial charge in [-0.15, -0.1) is 0 Å². The molecule has 0 radical (unpaired) electrons. The molecule has 0 atom stereocenters. The van der Waals surface area contributed by atoms with Crippen LogP contribution in [-0.2, 0) is 14.3 Å². The molecule has 1 heterocycles. The van der Waals surface area contributed by atoms with Crippen LogP contribution in [-0.4, -0.2) is 43.9 Å². The first-order chi connectivity index (χ1) is 9.67. The van der Waals surface area contributed by atoms with Gasteiger partial charge in [0.15, 0.2) is 0 Å². The third-order valence-corrected chi connectivity index (χ3v) is 2.68. The summed E-state index contributed by atoms with van der Waals surface area (Å²) in [6.45, 7) is -0.570. The van der Waals surface area contributed by atoms with Crippen molar-refractivity contribution < 1.29 is 24.2 Å². The topological polar surface area (TPSA) is 76.1 Å². The van der Waals surface area contributed by atoms with Crippen molar-refractivity contribution in [2.45, 2.75) is 0 Å². The molecule has 0 bridgehead atoms. The number of anilines is 1. The Bertz CT molecular complexity index is 583. The molecule has 6 heteroatoms. The van der Waals surface area contributed by atoms with E-state index in [0.717, 1.165) is 4.90 Å². The Kier molecular flexibility index (Phi) is 4.35. The molecule has 1 aliphatic heterocycles. The van der Waals surface area contributed by atoms with E-state index in [-0.39, 0.29) is 19.8 Å². The Morgan fingerprint density at radius 3 is 2.65 bits per heavy atom. The molecule has 1 aromatic rings. The van der Waals surface area contributed by atoms with Crippen molar-refractivity contribution >= 4 is 17.5 Å². The van der Waals surface area contributed by atoms with E-state index in [4.69, 9.17) is 14.6 Å². The predicted molar refractivity (Wildman–Crippen MR) is 70.3 cm³/mol. The molecule has 6 nitrogen and oxygen atoms in total. The largest absolute Gasteiger partial charge is 0.495 e. The second kappa shape index (κ2) is 6.19. The highest BCUT2D eigenvalue weighted by Crippen LogP contribution is 2.30. The van der Waals surface area contributed by atoms with Crippen LogP contribution in [0.15, 0.2) is 18.2 Å². The van der Waals surface area contributed by atoms with E-state index in [1.54, 1.807) is 18.2 Å². The summed E-state index contributed by atoms with van der Waals surface area (Å²) in [6, 6.07) is 4.87. The second-order valence-corrected chi connectivity index (χ2v) is 3.96. The van der Waals surface area contributed by atoms with Crippen LogP contribution in [0.5, 0.6) is 5.75 Å². The summed E-state index contributed by atoms with van der Waals surface area (Å²) in [5, 5.41) is 8.70. The fraction of sp³-hybridized carbons (Fsp3) is 0.286. The molecule has 1 aliphatic rings. The molecule has 0 aromatic heterocycles. The summed E-state index contributed by atoms with van der Waals surface area (Å²) in [5.41, 5.74) is 0.900. The van der Waals surface area contributed by atoms with Crippen molar-refractivity contribution in [3.63, 3.8) is 0 Å². The monoisotopic (exact) mass is 275 g/mol. The number of carbonyl (C=O) groups excluding carboxylic acids is 2. The van der Waals surface area contributed by atoms with Crippen LogP contribution < -0.4 is 9.64 Å². The van der Waals surface area contributed by atoms with Gasteiger partial charge in [0, 0.05) is 5.56 Å². The quantitative estimate of drug-likeness (QED) is 0.604. The number of hydrogen-bond acceptors (Lipinski definition) is 5. The predicted octanol–water partition coefficient (Wildman–Crippen LogP) is -0.0712. The molecule has 0 spiro atoms. The number of hydrogen-bond donors (Lipinski definition) is 1. The lowest BCUT2D eigenvalue weighted by molar-refractivity contribution is -0.138. The van der Waals surface area contributed by atoms with Crippen LogP contribution in [0.3, 0.4) is 0 Å². The Labute approximate surface area is 115 Å². The lowest BCUT2D eigenvalue weighted by atomic mass is 10.1. The Balaban J connectivity index is 2.46. The van der Waals surface area contributed by atoms with E-state index < -0.39 is 11.8 Å². The van der Waals surface area contributed by atoms with Gasteiger partial charge in [-0.25, -0.2) is 4.90 Å². The molecule has 104 valence electrons. The van der Waals surface area contributed by atoms with E-state index in [2.05, 4.69) is 11.8 Å². The zero-order valence-corrected chi connectivity index (χ0v) is 10.9. The number of aliphatic hydroxyl groups excluding tert-OH is 1. The molecule has 0 saturated carbocycles. The molecule has 1 fully saturated rings. The number of imide groups is 1. The van der Waals surface area contributed by atoms with Crippen molar-refractivity contribution in [1.82, 2.24) is 0 Å². The highest BCUT2D eigenvalue weighted by atomic mass is 16.5. The third kappa shape index (κ3) is 2.79. The van der Waals surface area contributed by atoms with Crippen LogP contribution in [0.1, 0.15) is 5.56 Å². The van der Waals surface area contributed by atoms with Gasteiger partial charge in [-0.05, 0) is 18.2 Å². The highest BCUT2D eigenvalue weighted by Gasteiger charge is 2.30. The van der Waals surface area contributed by atoms with Crippen LogP contribution in [0, 0.1) is 11.8 Å². The molecular weight excluding hydrogens is 262 g/mol. The smallest absolute Gasteiger partial charge is 0.259 e. The van der Waals surface area contributed by atoms with Gasteiger partial charge in [0.25, 0.3) is 11.8 Å². The van der Waals surface area contributed by atoms with Crippen molar-refractivity contribution in [3.05, 3.63) is 23.8 Å². The van der Waals surface area contributed by atoms with Gasteiger partial charge in [0.1, 0.15) is 25.6 Å². The number of methoxy groups -OCH3 is 1. The van der Waals surface area contributed by atoms with Crippen LogP contribution in [0.25, 0.3) is 0 Å². The lowest BCUT2D eigenvalue weighted by Crippen LogP contribution is -2.46. The molecular formula is C14H13NO5. The lowest BCUT2D eigenvalue weighted by Gasteiger charge is -2.26. The van der Waals surface area contributed by atoms with Crippen LogP contribution in [0.4, 0.5) is 5.69 Å². The van der Waals surface area contributed by atoms with Gasteiger partial charge in [-0.1, -0.05) is 11.8 Å². The average Bonchev–Trinajstić information content (AvgIpc) is 2.45. The van der Waals surface area contributed by atoms with E-state index in [9.17, 15) is 9.59 Å². The number of aliphatic hydroxyl groups is 1. The van der Waals surface area contributed by atoms with Crippen LogP contribution >= 0.6 is 0 Å². The summed E-state index contributed by atoms with van der Waals surface area (Å²) in [4.78, 5) is 24.7. The normalized spacial score (nSPS) is 14.8. The van der Waals surface area contributed by atoms with Gasteiger partial charge in [-0.3, -0.25) is 9.59 Å². The number of amides is 2. The second-order valence-electron chi connectivity index (χ2n) is 3.96. The number of carbonyl (C=O) groups is 2. The minimum Gasteiger partial charge on any atom is -0.495 e. The van der Waals surface area contributed by atoms with Crippen molar-refractivity contribution in [3.8, 4) is 17.6 Å². The SMILES string of the molecule is COc1ccc(C#CCO)cc1N1C(=O)COCC1=O. The first-order valence-corrected chi connectivity index (χ1v) is 5.88. The number of ether oxygens (including phenoxy) is 2. The molecule has 1 N–H and O–H groups in total. The van der Waals surface area contributed by atoms with E-state index in [0.29, 0.717) is 17.0 Å². The molecule has 0 aliphatic carbocycles. The van der Waals surface area contributed by atoms with Crippen molar-refractivity contribution in [2.24, 2.45) is 0 Å². The summed E-state index contributed by atoms with van der Waals surface area (Å²) in [7, 11) is 1.45. The third-order valence-electron chi connectivity index (χ3n) is 2.68. The first kappa shape index (κ1) is 14.1. The maximum Gasteiger partial charge on any atom is 0.259 e. The number of rotatable bonds is 2. The maximum atomic E-state index is 11.8. The number of morpholine rings is 1. The molecule has 1 aromatic carbocycles. The van der Waals surface area contributed by atoms with E-state index >= 15 is 0 Å². The minimum atomic E-state index is -0.452. The summed E-state index contributed by atoms with van der Waals surface area (Å²) in [5.74, 6) is 4.71. The van der Waals surface area contributed by atoms with Crippen molar-refractivity contribution in [1.29, 1.82) is 0 Å². The molecule has 1 saturated heterocycles. The van der Waals surface area contributed by atoms with Gasteiger partial charge in [0.05, 0.1) is 12.8 Å². The standard InChI is InChI=1S/C14H13NO5/c1-19-12-5-4-10(3-2-6-16)7-11(12)15-13(17)8-20-9-14(15)18/h4-5,7,16H,6,8-9H2,1H3. The number of nitrogens with zero attached hydrogens (tertiary/aromatic N) is 1. The number of benzene rings is 1. The first-order valence-electron chi connectivity index (χ1n) is 5.88.